The average molecular weight is 329 g/mol. The molecule has 2 aromatic rings. The van der Waals surface area contributed by atoms with Gasteiger partial charge in [0, 0.05) is 19.5 Å². The van der Waals surface area contributed by atoms with Gasteiger partial charge in [-0.2, -0.15) is 0 Å². The van der Waals surface area contributed by atoms with Gasteiger partial charge in [-0.3, -0.25) is 4.79 Å². The monoisotopic (exact) mass is 329 g/mol. The molecule has 0 saturated carbocycles. The molecule has 5 nitrogen and oxygen atoms in total. The van der Waals surface area contributed by atoms with Gasteiger partial charge >= 0.3 is 5.97 Å². The lowest BCUT2D eigenvalue weighted by atomic mass is 10.2. The van der Waals surface area contributed by atoms with Crippen molar-refractivity contribution in [3.63, 3.8) is 0 Å². The summed E-state index contributed by atoms with van der Waals surface area (Å²) in [6, 6.07) is 17.5. The fraction of sp³-hybridized carbons (Fsp3) is 0.316. The summed E-state index contributed by atoms with van der Waals surface area (Å²) in [5.41, 5.74) is 1.10. The predicted molar refractivity (Wildman–Crippen MR) is 92.5 cm³/mol. The van der Waals surface area contributed by atoms with E-state index in [9.17, 15) is 4.79 Å². The van der Waals surface area contributed by atoms with Crippen LogP contribution in [0.4, 0.5) is 0 Å². The van der Waals surface area contributed by atoms with Crippen molar-refractivity contribution in [3.05, 3.63) is 60.2 Å². The third kappa shape index (κ3) is 7.15. The van der Waals surface area contributed by atoms with Crippen LogP contribution in [-0.2, 0) is 11.3 Å². The Balaban J connectivity index is 1.58. The Morgan fingerprint density at radius 2 is 1.54 bits per heavy atom. The van der Waals surface area contributed by atoms with E-state index in [1.165, 1.54) is 0 Å². The summed E-state index contributed by atoms with van der Waals surface area (Å²) >= 11 is 0. The number of hydrogen-bond acceptors (Lipinski definition) is 4. The first kappa shape index (κ1) is 17.8. The van der Waals surface area contributed by atoms with Gasteiger partial charge in [-0.1, -0.05) is 30.3 Å². The zero-order chi connectivity index (χ0) is 17.0. The molecule has 5 heteroatoms. The molecular weight excluding hydrogens is 306 g/mol. The first-order valence-electron chi connectivity index (χ1n) is 8.06. The van der Waals surface area contributed by atoms with Crippen molar-refractivity contribution in [2.75, 3.05) is 19.8 Å². The number of aliphatic carboxylic acids is 1. The van der Waals surface area contributed by atoms with Crippen LogP contribution >= 0.6 is 0 Å². The van der Waals surface area contributed by atoms with Crippen LogP contribution < -0.4 is 14.8 Å². The van der Waals surface area contributed by atoms with Crippen LogP contribution in [0.15, 0.2) is 54.6 Å². The van der Waals surface area contributed by atoms with E-state index in [0.717, 1.165) is 23.5 Å². The second-order valence-corrected chi connectivity index (χ2v) is 5.33. The SMILES string of the molecule is O=C(O)CCNCc1ccc(OCCCOc2ccccc2)cc1. The molecule has 0 radical (unpaired) electrons. The molecule has 2 rings (SSSR count). The van der Waals surface area contributed by atoms with Crippen molar-refractivity contribution in [1.82, 2.24) is 5.32 Å². The summed E-state index contributed by atoms with van der Waals surface area (Å²) in [6.07, 6.45) is 0.944. The molecule has 0 bridgehead atoms. The largest absolute Gasteiger partial charge is 0.493 e. The van der Waals surface area contributed by atoms with Gasteiger partial charge in [0.15, 0.2) is 0 Å². The maximum absolute atomic E-state index is 10.4. The minimum Gasteiger partial charge on any atom is -0.493 e. The Labute approximate surface area is 142 Å². The molecule has 0 spiro atoms. The van der Waals surface area contributed by atoms with E-state index in [2.05, 4.69) is 5.32 Å². The molecule has 0 amide bonds. The third-order valence-electron chi connectivity index (χ3n) is 3.34. The smallest absolute Gasteiger partial charge is 0.304 e. The van der Waals surface area contributed by atoms with E-state index in [4.69, 9.17) is 14.6 Å². The highest BCUT2D eigenvalue weighted by Gasteiger charge is 1.99. The normalized spacial score (nSPS) is 10.3. The summed E-state index contributed by atoms with van der Waals surface area (Å²) in [5.74, 6) is 0.906. The average Bonchev–Trinajstić information content (AvgIpc) is 2.60. The van der Waals surface area contributed by atoms with E-state index < -0.39 is 5.97 Å². The van der Waals surface area contributed by atoms with Gasteiger partial charge < -0.3 is 19.9 Å². The highest BCUT2D eigenvalue weighted by Crippen LogP contribution is 2.13. The molecular formula is C19H23NO4. The van der Waals surface area contributed by atoms with Gasteiger partial charge in [0.1, 0.15) is 11.5 Å². The molecule has 0 heterocycles. The number of hydrogen-bond donors (Lipinski definition) is 2. The van der Waals surface area contributed by atoms with Crippen LogP contribution in [0.25, 0.3) is 0 Å². The van der Waals surface area contributed by atoms with Gasteiger partial charge in [0.05, 0.1) is 19.6 Å². The highest BCUT2D eigenvalue weighted by molar-refractivity contribution is 5.66. The van der Waals surface area contributed by atoms with Gasteiger partial charge in [-0.15, -0.1) is 0 Å². The third-order valence-corrected chi connectivity index (χ3v) is 3.34. The van der Waals surface area contributed by atoms with Crippen molar-refractivity contribution >= 4 is 5.97 Å². The Morgan fingerprint density at radius 3 is 2.17 bits per heavy atom. The number of carboxylic acids is 1. The summed E-state index contributed by atoms with van der Waals surface area (Å²) in [4.78, 5) is 10.4. The van der Waals surface area contributed by atoms with Crippen LogP contribution in [0, 0.1) is 0 Å². The lowest BCUT2D eigenvalue weighted by Crippen LogP contribution is -2.17. The predicted octanol–water partition coefficient (Wildman–Crippen LogP) is 3.10. The molecule has 0 aliphatic heterocycles. The Morgan fingerprint density at radius 1 is 0.917 bits per heavy atom. The lowest BCUT2D eigenvalue weighted by molar-refractivity contribution is -0.136. The molecule has 0 saturated heterocycles. The molecule has 0 unspecified atom stereocenters. The Hall–Kier alpha value is -2.53. The minimum absolute atomic E-state index is 0.131. The first-order valence-corrected chi connectivity index (χ1v) is 8.06. The van der Waals surface area contributed by atoms with E-state index in [0.29, 0.717) is 26.3 Å². The maximum atomic E-state index is 10.4. The zero-order valence-corrected chi connectivity index (χ0v) is 13.6. The van der Waals surface area contributed by atoms with Gasteiger partial charge in [-0.25, -0.2) is 0 Å². The fourth-order valence-electron chi connectivity index (χ4n) is 2.09. The summed E-state index contributed by atoms with van der Waals surface area (Å²) < 4.78 is 11.3. The topological polar surface area (TPSA) is 67.8 Å². The van der Waals surface area contributed by atoms with Gasteiger partial charge in [-0.05, 0) is 29.8 Å². The van der Waals surface area contributed by atoms with Crippen LogP contribution in [-0.4, -0.2) is 30.8 Å². The van der Waals surface area contributed by atoms with Crippen molar-refractivity contribution in [1.29, 1.82) is 0 Å². The summed E-state index contributed by atoms with van der Waals surface area (Å²) in [6.45, 7) is 2.34. The fourth-order valence-corrected chi connectivity index (χ4v) is 2.09. The first-order chi connectivity index (χ1) is 11.7. The van der Waals surface area contributed by atoms with Crippen LogP contribution in [0.1, 0.15) is 18.4 Å². The molecule has 2 aromatic carbocycles. The van der Waals surface area contributed by atoms with Crippen molar-refractivity contribution in [2.45, 2.75) is 19.4 Å². The van der Waals surface area contributed by atoms with E-state index in [-0.39, 0.29) is 6.42 Å². The second-order valence-electron chi connectivity index (χ2n) is 5.33. The van der Waals surface area contributed by atoms with Crippen LogP contribution in [0.3, 0.4) is 0 Å². The number of carboxylic acid groups (broad SMARTS) is 1. The second kappa shape index (κ2) is 10.3. The zero-order valence-electron chi connectivity index (χ0n) is 13.6. The molecule has 0 fully saturated rings. The molecule has 0 aliphatic rings. The molecule has 0 aromatic heterocycles. The number of para-hydroxylation sites is 1. The number of ether oxygens (including phenoxy) is 2. The summed E-state index contributed by atoms with van der Waals surface area (Å²) in [7, 11) is 0. The number of rotatable bonds is 11. The van der Waals surface area contributed by atoms with Crippen molar-refractivity contribution < 1.29 is 19.4 Å². The quantitative estimate of drug-likeness (QED) is 0.620. The number of carbonyl (C=O) groups is 1. The number of nitrogens with one attached hydrogen (secondary N) is 1. The molecule has 0 atom stereocenters. The van der Waals surface area contributed by atoms with Gasteiger partial charge in [0.25, 0.3) is 0 Å². The molecule has 128 valence electrons. The standard InChI is InChI=1S/C19H23NO4/c21-19(22)11-12-20-15-16-7-9-18(10-8-16)24-14-4-13-23-17-5-2-1-3-6-17/h1-3,5-10,20H,4,11-15H2,(H,21,22). The van der Waals surface area contributed by atoms with E-state index in [1.807, 2.05) is 54.6 Å². The summed E-state index contributed by atoms with van der Waals surface area (Å²) in [5, 5.41) is 11.7. The van der Waals surface area contributed by atoms with Gasteiger partial charge in [0.2, 0.25) is 0 Å². The van der Waals surface area contributed by atoms with Crippen LogP contribution in [0.2, 0.25) is 0 Å². The lowest BCUT2D eigenvalue weighted by Gasteiger charge is -2.09. The molecule has 24 heavy (non-hydrogen) atoms. The van der Waals surface area contributed by atoms with Crippen molar-refractivity contribution in [2.24, 2.45) is 0 Å². The number of benzene rings is 2. The minimum atomic E-state index is -0.789. The Kier molecular flexibility index (Phi) is 7.63. The highest BCUT2D eigenvalue weighted by atomic mass is 16.5. The van der Waals surface area contributed by atoms with E-state index in [1.54, 1.807) is 0 Å². The van der Waals surface area contributed by atoms with Crippen molar-refractivity contribution in [3.8, 4) is 11.5 Å². The molecule has 2 N–H and O–H groups in total. The van der Waals surface area contributed by atoms with Crippen LogP contribution in [0.5, 0.6) is 11.5 Å². The maximum Gasteiger partial charge on any atom is 0.304 e. The Bertz CT molecular complexity index is 599. The van der Waals surface area contributed by atoms with E-state index >= 15 is 0 Å². The molecule has 0 aliphatic carbocycles.